The van der Waals surface area contributed by atoms with Gasteiger partial charge >= 0.3 is 5.51 Å². The molecule has 0 radical (unpaired) electrons. The summed E-state index contributed by atoms with van der Waals surface area (Å²) in [6.45, 7) is 0.923. The normalized spacial score (nSPS) is 16.1. The number of hydrogen-bond acceptors (Lipinski definition) is 3. The van der Waals surface area contributed by atoms with Crippen LogP contribution >= 0.6 is 0 Å². The summed E-state index contributed by atoms with van der Waals surface area (Å²) in [5.74, 6) is 0. The second-order valence-corrected chi connectivity index (χ2v) is 4.74. The second-order valence-electron chi connectivity index (χ2n) is 2.38. The predicted octanol–water partition coefficient (Wildman–Crippen LogP) is 0.658. The van der Waals surface area contributed by atoms with Crippen LogP contribution in [0.15, 0.2) is 0 Å². The topological polar surface area (TPSA) is 60.2 Å². The first-order chi connectivity index (χ1) is 5.23. The lowest BCUT2D eigenvalue weighted by atomic mass is 10.3. The van der Waals surface area contributed by atoms with Crippen LogP contribution in [0.3, 0.4) is 0 Å². The Bertz CT molecular complexity index is 234. The lowest BCUT2D eigenvalue weighted by molar-refractivity contribution is -0.0443. The summed E-state index contributed by atoms with van der Waals surface area (Å²) >= 11 is 0. The van der Waals surface area contributed by atoms with E-state index in [4.69, 9.17) is 5.73 Å². The van der Waals surface area contributed by atoms with Crippen LogP contribution in [0, 0.1) is 0 Å². The first-order valence-corrected chi connectivity index (χ1v) is 4.78. The molecule has 12 heavy (non-hydrogen) atoms. The zero-order valence-corrected chi connectivity index (χ0v) is 7.24. The van der Waals surface area contributed by atoms with Gasteiger partial charge in [-0.15, -0.1) is 0 Å². The van der Waals surface area contributed by atoms with E-state index in [0.717, 1.165) is 6.92 Å². The van der Waals surface area contributed by atoms with Crippen molar-refractivity contribution in [3.8, 4) is 0 Å². The Morgan fingerprint density at radius 2 is 1.83 bits per heavy atom. The van der Waals surface area contributed by atoms with Gasteiger partial charge in [0.1, 0.15) is 0 Å². The molecular formula is C5H10F3NO2S. The smallest absolute Gasteiger partial charge is 0.330 e. The minimum Gasteiger partial charge on any atom is -0.330 e. The standard InChI is InChI=1S/C5H10F3NO2S/c1-4(2-3-9)12(10,11)5(6,7)8/h4H,2-3,9H2,1H3. The van der Waals surface area contributed by atoms with Crippen LogP contribution in [-0.4, -0.2) is 25.7 Å². The van der Waals surface area contributed by atoms with Gasteiger partial charge in [-0.1, -0.05) is 0 Å². The van der Waals surface area contributed by atoms with Crippen molar-refractivity contribution in [2.45, 2.75) is 24.1 Å². The van der Waals surface area contributed by atoms with Gasteiger partial charge in [0, 0.05) is 0 Å². The van der Waals surface area contributed by atoms with Gasteiger partial charge in [0.05, 0.1) is 5.25 Å². The van der Waals surface area contributed by atoms with E-state index in [1.165, 1.54) is 0 Å². The third-order valence-corrected chi connectivity index (χ3v) is 3.37. The molecule has 3 nitrogen and oxygen atoms in total. The average molecular weight is 205 g/mol. The molecule has 7 heteroatoms. The molecule has 0 rings (SSSR count). The minimum atomic E-state index is -5.17. The maximum atomic E-state index is 11.8. The molecule has 0 bridgehead atoms. The first-order valence-electron chi connectivity index (χ1n) is 3.23. The molecule has 74 valence electrons. The third kappa shape index (κ3) is 2.34. The SMILES string of the molecule is CC(CCN)S(=O)(=O)C(F)(F)F. The van der Waals surface area contributed by atoms with Gasteiger partial charge in [-0.25, -0.2) is 8.42 Å². The van der Waals surface area contributed by atoms with E-state index >= 15 is 0 Å². The van der Waals surface area contributed by atoms with E-state index in [0.29, 0.717) is 0 Å². The fraction of sp³-hybridized carbons (Fsp3) is 1.00. The van der Waals surface area contributed by atoms with E-state index < -0.39 is 20.6 Å². The maximum absolute atomic E-state index is 11.8. The zero-order chi connectivity index (χ0) is 9.99. The number of rotatable bonds is 3. The van der Waals surface area contributed by atoms with E-state index in [1.807, 2.05) is 0 Å². The van der Waals surface area contributed by atoms with Crippen molar-refractivity contribution in [3.05, 3.63) is 0 Å². The quantitative estimate of drug-likeness (QED) is 0.736. The van der Waals surface area contributed by atoms with Crippen LogP contribution < -0.4 is 5.73 Å². The molecule has 0 aliphatic heterocycles. The third-order valence-electron chi connectivity index (χ3n) is 1.43. The largest absolute Gasteiger partial charge is 0.497 e. The van der Waals surface area contributed by atoms with Crippen LogP contribution in [0.1, 0.15) is 13.3 Å². The molecule has 0 aliphatic rings. The van der Waals surface area contributed by atoms with E-state index in [9.17, 15) is 21.6 Å². The van der Waals surface area contributed by atoms with Crippen LogP contribution in [0.25, 0.3) is 0 Å². The molecule has 1 unspecified atom stereocenters. The first kappa shape index (κ1) is 11.7. The summed E-state index contributed by atoms with van der Waals surface area (Å²) in [5.41, 5.74) is -0.227. The van der Waals surface area contributed by atoms with Gasteiger partial charge in [-0.3, -0.25) is 0 Å². The van der Waals surface area contributed by atoms with Crippen molar-refractivity contribution in [1.29, 1.82) is 0 Å². The van der Waals surface area contributed by atoms with Crippen molar-refractivity contribution < 1.29 is 21.6 Å². The number of alkyl halides is 3. The fourth-order valence-corrected chi connectivity index (χ4v) is 1.52. The Morgan fingerprint density at radius 1 is 1.42 bits per heavy atom. The summed E-state index contributed by atoms with van der Waals surface area (Å²) in [6, 6.07) is 0. The molecule has 0 fully saturated rings. The lowest BCUT2D eigenvalue weighted by Crippen LogP contribution is -2.33. The van der Waals surface area contributed by atoms with Gasteiger partial charge in [-0.05, 0) is 19.9 Å². The van der Waals surface area contributed by atoms with Gasteiger partial charge in [0.15, 0.2) is 0 Å². The van der Waals surface area contributed by atoms with Crippen molar-refractivity contribution >= 4 is 9.84 Å². The van der Waals surface area contributed by atoms with Crippen molar-refractivity contribution in [3.63, 3.8) is 0 Å². The Balaban J connectivity index is 4.64. The summed E-state index contributed by atoms with van der Waals surface area (Å²) < 4.78 is 56.5. The zero-order valence-electron chi connectivity index (χ0n) is 6.43. The fourth-order valence-electron chi connectivity index (χ4n) is 0.618. The molecule has 0 heterocycles. The average Bonchev–Trinajstić information content (AvgIpc) is 1.85. The number of hydrogen-bond donors (Lipinski definition) is 1. The molecule has 0 aromatic carbocycles. The van der Waals surface area contributed by atoms with Crippen LogP contribution in [0.5, 0.6) is 0 Å². The maximum Gasteiger partial charge on any atom is 0.497 e. The highest BCUT2D eigenvalue weighted by molar-refractivity contribution is 7.92. The monoisotopic (exact) mass is 205 g/mol. The van der Waals surface area contributed by atoms with Gasteiger partial charge < -0.3 is 5.73 Å². The molecule has 0 saturated heterocycles. The molecule has 0 aliphatic carbocycles. The Hall–Kier alpha value is -0.300. The molecule has 0 spiro atoms. The summed E-state index contributed by atoms with van der Waals surface area (Å²) in [6.07, 6.45) is -0.179. The van der Waals surface area contributed by atoms with Crippen molar-refractivity contribution in [1.82, 2.24) is 0 Å². The highest BCUT2D eigenvalue weighted by Crippen LogP contribution is 2.27. The Kier molecular flexibility index (Phi) is 3.52. The highest BCUT2D eigenvalue weighted by atomic mass is 32.2. The van der Waals surface area contributed by atoms with Gasteiger partial charge in [-0.2, -0.15) is 13.2 Å². The Morgan fingerprint density at radius 3 is 2.08 bits per heavy atom. The molecule has 0 aromatic heterocycles. The van der Waals surface area contributed by atoms with Crippen molar-refractivity contribution in [2.24, 2.45) is 5.73 Å². The molecule has 2 N–H and O–H groups in total. The molecule has 0 saturated carbocycles. The molecular weight excluding hydrogens is 195 g/mol. The minimum absolute atomic E-state index is 0.0729. The second kappa shape index (κ2) is 3.61. The van der Waals surface area contributed by atoms with Crippen LogP contribution in [0.4, 0.5) is 13.2 Å². The number of sulfone groups is 1. The van der Waals surface area contributed by atoms with Gasteiger partial charge in [0.2, 0.25) is 9.84 Å². The number of nitrogens with two attached hydrogens (primary N) is 1. The van der Waals surface area contributed by atoms with E-state index in [-0.39, 0.29) is 13.0 Å². The summed E-state index contributed by atoms with van der Waals surface area (Å²) in [4.78, 5) is 0. The summed E-state index contributed by atoms with van der Waals surface area (Å²) in [7, 11) is -5.02. The Labute approximate surface area is 68.7 Å². The lowest BCUT2D eigenvalue weighted by Gasteiger charge is -2.13. The van der Waals surface area contributed by atoms with Crippen LogP contribution in [0.2, 0.25) is 0 Å². The van der Waals surface area contributed by atoms with Gasteiger partial charge in [0.25, 0.3) is 0 Å². The summed E-state index contributed by atoms with van der Waals surface area (Å²) in [5, 5.41) is -1.46. The molecule has 1 atom stereocenters. The predicted molar refractivity (Wildman–Crippen MR) is 38.1 cm³/mol. The number of halogens is 3. The van der Waals surface area contributed by atoms with Crippen LogP contribution in [-0.2, 0) is 9.84 Å². The van der Waals surface area contributed by atoms with E-state index in [2.05, 4.69) is 0 Å². The molecule has 0 amide bonds. The molecule has 0 aromatic rings. The van der Waals surface area contributed by atoms with E-state index in [1.54, 1.807) is 0 Å². The highest BCUT2D eigenvalue weighted by Gasteiger charge is 2.48. The van der Waals surface area contributed by atoms with Crippen molar-refractivity contribution in [2.75, 3.05) is 6.54 Å².